The van der Waals surface area contributed by atoms with Gasteiger partial charge >= 0.3 is 0 Å². The van der Waals surface area contributed by atoms with Gasteiger partial charge in [0.05, 0.1) is 11.0 Å². The van der Waals surface area contributed by atoms with E-state index in [-0.39, 0.29) is 11.7 Å². The van der Waals surface area contributed by atoms with E-state index in [0.717, 1.165) is 24.8 Å². The summed E-state index contributed by atoms with van der Waals surface area (Å²) in [6, 6.07) is 3.88. The number of halogens is 1. The second-order valence-corrected chi connectivity index (χ2v) is 4.85. The fourth-order valence-corrected chi connectivity index (χ4v) is 2.08. The SMILES string of the molecule is CCC(CC1CC1)Nc1ccc(F)cc1[N+](=O)[O-]. The third kappa shape index (κ3) is 3.18. The molecule has 4 nitrogen and oxygen atoms in total. The molecule has 0 heterocycles. The van der Waals surface area contributed by atoms with Gasteiger partial charge in [0.1, 0.15) is 11.5 Å². The van der Waals surface area contributed by atoms with Crippen LogP contribution in [0.2, 0.25) is 0 Å². The molecule has 1 fully saturated rings. The number of nitro groups is 1. The van der Waals surface area contributed by atoms with Crippen molar-refractivity contribution in [2.24, 2.45) is 5.92 Å². The Bertz CT molecular complexity index is 447. The lowest BCUT2D eigenvalue weighted by molar-refractivity contribution is -0.384. The first-order chi connectivity index (χ1) is 8.60. The Morgan fingerprint density at radius 3 is 2.83 bits per heavy atom. The molecule has 18 heavy (non-hydrogen) atoms. The number of rotatable bonds is 6. The van der Waals surface area contributed by atoms with Crippen LogP contribution in [0.5, 0.6) is 0 Å². The zero-order chi connectivity index (χ0) is 13.1. The number of hydrogen-bond donors (Lipinski definition) is 1. The van der Waals surface area contributed by atoms with Gasteiger partial charge in [0.2, 0.25) is 0 Å². The molecule has 0 spiro atoms. The molecular weight excluding hydrogens is 235 g/mol. The van der Waals surface area contributed by atoms with E-state index in [9.17, 15) is 14.5 Å². The predicted molar refractivity (Wildman–Crippen MR) is 68.1 cm³/mol. The highest BCUT2D eigenvalue weighted by Gasteiger charge is 2.26. The monoisotopic (exact) mass is 252 g/mol. The summed E-state index contributed by atoms with van der Waals surface area (Å²) in [5, 5.41) is 14.0. The molecule has 98 valence electrons. The van der Waals surface area contributed by atoms with Crippen LogP contribution < -0.4 is 5.32 Å². The number of nitrogens with one attached hydrogen (secondary N) is 1. The minimum atomic E-state index is -0.581. The molecule has 1 aliphatic rings. The highest BCUT2D eigenvalue weighted by molar-refractivity contribution is 5.61. The van der Waals surface area contributed by atoms with E-state index in [2.05, 4.69) is 12.2 Å². The van der Waals surface area contributed by atoms with Crippen molar-refractivity contribution in [3.63, 3.8) is 0 Å². The standard InChI is InChI=1S/C13H17FN2O2/c1-2-11(7-9-3-4-9)15-12-6-5-10(14)8-13(12)16(17)18/h5-6,8-9,11,15H,2-4,7H2,1H3. The van der Waals surface area contributed by atoms with E-state index in [0.29, 0.717) is 5.69 Å². The van der Waals surface area contributed by atoms with Crippen LogP contribution in [0.25, 0.3) is 0 Å². The van der Waals surface area contributed by atoms with E-state index < -0.39 is 10.7 Å². The van der Waals surface area contributed by atoms with Crippen LogP contribution in [-0.4, -0.2) is 11.0 Å². The van der Waals surface area contributed by atoms with Crippen LogP contribution in [-0.2, 0) is 0 Å². The summed E-state index contributed by atoms with van der Waals surface area (Å²) in [7, 11) is 0. The lowest BCUT2D eigenvalue weighted by Crippen LogP contribution is -2.19. The van der Waals surface area contributed by atoms with Gasteiger partial charge in [0.25, 0.3) is 5.69 Å². The van der Waals surface area contributed by atoms with Crippen molar-refractivity contribution >= 4 is 11.4 Å². The summed E-state index contributed by atoms with van der Waals surface area (Å²) in [5.74, 6) is 0.171. The summed E-state index contributed by atoms with van der Waals surface area (Å²) >= 11 is 0. The number of nitro benzene ring substituents is 1. The van der Waals surface area contributed by atoms with Gasteiger partial charge in [-0.1, -0.05) is 19.8 Å². The Kier molecular flexibility index (Phi) is 3.79. The summed E-state index contributed by atoms with van der Waals surface area (Å²) in [6.07, 6.45) is 4.45. The molecule has 1 aliphatic carbocycles. The quantitative estimate of drug-likeness (QED) is 0.620. The molecule has 1 atom stereocenters. The number of benzene rings is 1. The van der Waals surface area contributed by atoms with Gasteiger partial charge in [-0.2, -0.15) is 0 Å². The molecule has 0 aromatic heterocycles. The molecular formula is C13H17FN2O2. The summed E-state index contributed by atoms with van der Waals surface area (Å²) in [6.45, 7) is 2.05. The summed E-state index contributed by atoms with van der Waals surface area (Å²) in [4.78, 5) is 10.3. The molecule has 1 aromatic carbocycles. The van der Waals surface area contributed by atoms with Crippen LogP contribution in [0.4, 0.5) is 15.8 Å². The highest BCUT2D eigenvalue weighted by atomic mass is 19.1. The molecule has 1 N–H and O–H groups in total. The van der Waals surface area contributed by atoms with Gasteiger partial charge in [-0.15, -0.1) is 0 Å². The van der Waals surface area contributed by atoms with Crippen LogP contribution in [0, 0.1) is 21.8 Å². The summed E-state index contributed by atoms with van der Waals surface area (Å²) < 4.78 is 13.0. The minimum Gasteiger partial charge on any atom is -0.377 e. The van der Waals surface area contributed by atoms with Gasteiger partial charge in [-0.25, -0.2) is 4.39 Å². The maximum absolute atomic E-state index is 13.0. The second-order valence-electron chi connectivity index (χ2n) is 4.85. The predicted octanol–water partition coefficient (Wildman–Crippen LogP) is 3.72. The normalized spacial score (nSPS) is 16.3. The highest BCUT2D eigenvalue weighted by Crippen LogP contribution is 2.35. The third-order valence-electron chi connectivity index (χ3n) is 3.32. The zero-order valence-corrected chi connectivity index (χ0v) is 10.4. The second kappa shape index (κ2) is 5.33. The van der Waals surface area contributed by atoms with Crippen LogP contribution in [0.15, 0.2) is 18.2 Å². The molecule has 0 aliphatic heterocycles. The Balaban J connectivity index is 2.13. The maximum Gasteiger partial charge on any atom is 0.295 e. The van der Waals surface area contributed by atoms with Crippen LogP contribution >= 0.6 is 0 Å². The van der Waals surface area contributed by atoms with Crippen molar-refractivity contribution < 1.29 is 9.31 Å². The van der Waals surface area contributed by atoms with Gasteiger partial charge in [0.15, 0.2) is 0 Å². The number of hydrogen-bond acceptors (Lipinski definition) is 3. The molecule has 1 unspecified atom stereocenters. The van der Waals surface area contributed by atoms with Crippen molar-refractivity contribution in [3.05, 3.63) is 34.1 Å². The lowest BCUT2D eigenvalue weighted by Gasteiger charge is -2.17. The Morgan fingerprint density at radius 2 is 2.28 bits per heavy atom. The van der Waals surface area contributed by atoms with E-state index in [1.54, 1.807) is 0 Å². The smallest absolute Gasteiger partial charge is 0.295 e. The lowest BCUT2D eigenvalue weighted by atomic mass is 10.1. The molecule has 0 amide bonds. The molecule has 0 saturated heterocycles. The fraction of sp³-hybridized carbons (Fsp3) is 0.538. The fourth-order valence-electron chi connectivity index (χ4n) is 2.08. The average molecular weight is 252 g/mol. The van der Waals surface area contributed by atoms with Gasteiger partial charge in [0, 0.05) is 6.04 Å². The van der Waals surface area contributed by atoms with E-state index in [1.165, 1.54) is 25.0 Å². The van der Waals surface area contributed by atoms with Gasteiger partial charge in [-0.3, -0.25) is 10.1 Å². The summed E-state index contributed by atoms with van der Waals surface area (Å²) in [5.41, 5.74) is 0.221. The van der Waals surface area contributed by atoms with Crippen molar-refractivity contribution in [1.82, 2.24) is 0 Å². The minimum absolute atomic E-state index is 0.191. The topological polar surface area (TPSA) is 55.2 Å². The number of anilines is 1. The molecule has 1 saturated carbocycles. The molecule has 2 rings (SSSR count). The third-order valence-corrected chi connectivity index (χ3v) is 3.32. The van der Waals surface area contributed by atoms with Crippen molar-refractivity contribution in [1.29, 1.82) is 0 Å². The Labute approximate surface area is 105 Å². The van der Waals surface area contributed by atoms with Crippen LogP contribution in [0.3, 0.4) is 0 Å². The Morgan fingerprint density at radius 1 is 1.56 bits per heavy atom. The molecule has 0 bridgehead atoms. The van der Waals surface area contributed by atoms with Crippen molar-refractivity contribution in [2.45, 2.75) is 38.6 Å². The van der Waals surface area contributed by atoms with Crippen molar-refractivity contribution in [3.8, 4) is 0 Å². The molecule has 0 radical (unpaired) electrons. The van der Waals surface area contributed by atoms with Crippen molar-refractivity contribution in [2.75, 3.05) is 5.32 Å². The van der Waals surface area contributed by atoms with E-state index in [1.807, 2.05) is 0 Å². The van der Waals surface area contributed by atoms with Crippen LogP contribution in [0.1, 0.15) is 32.6 Å². The van der Waals surface area contributed by atoms with Gasteiger partial charge < -0.3 is 5.32 Å². The maximum atomic E-state index is 13.0. The molecule has 1 aromatic rings. The van der Waals surface area contributed by atoms with E-state index >= 15 is 0 Å². The first-order valence-corrected chi connectivity index (χ1v) is 6.30. The number of nitrogens with zero attached hydrogens (tertiary/aromatic N) is 1. The largest absolute Gasteiger partial charge is 0.377 e. The first-order valence-electron chi connectivity index (χ1n) is 6.30. The first kappa shape index (κ1) is 12.8. The van der Waals surface area contributed by atoms with Gasteiger partial charge in [-0.05, 0) is 30.9 Å². The average Bonchev–Trinajstić information content (AvgIpc) is 3.14. The zero-order valence-electron chi connectivity index (χ0n) is 10.4. The Hall–Kier alpha value is -1.65. The molecule has 5 heteroatoms. The van der Waals surface area contributed by atoms with E-state index in [4.69, 9.17) is 0 Å².